The number of nitrogens with zero attached hydrogens (tertiary/aromatic N) is 1. The van der Waals surface area contributed by atoms with Gasteiger partial charge in [0.05, 0.1) is 19.1 Å². The van der Waals surface area contributed by atoms with Crippen LogP contribution in [-0.2, 0) is 6.42 Å². The minimum absolute atomic E-state index is 0.00348. The molecule has 0 amide bonds. The summed E-state index contributed by atoms with van der Waals surface area (Å²) >= 11 is 0. The number of carbonyl (C=O) groups is 1. The third kappa shape index (κ3) is 3.22. The van der Waals surface area contributed by atoms with Gasteiger partial charge in [0.1, 0.15) is 0 Å². The maximum absolute atomic E-state index is 12.3. The van der Waals surface area contributed by atoms with Gasteiger partial charge in [-0.05, 0) is 11.6 Å². The first kappa shape index (κ1) is 15.5. The van der Waals surface area contributed by atoms with Crippen LogP contribution >= 0.6 is 0 Å². The van der Waals surface area contributed by atoms with Crippen LogP contribution < -0.4 is 9.47 Å². The first-order valence-electron chi connectivity index (χ1n) is 6.54. The number of nitro groups is 1. The van der Waals surface area contributed by atoms with E-state index in [1.54, 1.807) is 0 Å². The molecule has 0 aliphatic heterocycles. The summed E-state index contributed by atoms with van der Waals surface area (Å²) in [6, 6.07) is 11.8. The van der Waals surface area contributed by atoms with E-state index in [0.29, 0.717) is 0 Å². The van der Waals surface area contributed by atoms with E-state index in [1.165, 1.54) is 26.4 Å². The van der Waals surface area contributed by atoms with Gasteiger partial charge in [-0.25, -0.2) is 0 Å². The average molecular weight is 301 g/mol. The zero-order chi connectivity index (χ0) is 16.1. The Morgan fingerprint density at radius 1 is 1.14 bits per heavy atom. The van der Waals surface area contributed by atoms with Gasteiger partial charge < -0.3 is 9.47 Å². The Kier molecular flexibility index (Phi) is 4.73. The minimum Gasteiger partial charge on any atom is -0.493 e. The molecule has 0 saturated heterocycles. The Morgan fingerprint density at radius 2 is 1.82 bits per heavy atom. The highest BCUT2D eigenvalue weighted by atomic mass is 16.6. The molecule has 0 unspecified atom stereocenters. The van der Waals surface area contributed by atoms with Gasteiger partial charge in [-0.2, -0.15) is 0 Å². The van der Waals surface area contributed by atoms with E-state index in [-0.39, 0.29) is 35.0 Å². The van der Waals surface area contributed by atoms with Crippen LogP contribution in [0.2, 0.25) is 0 Å². The van der Waals surface area contributed by atoms with Crippen LogP contribution in [0.15, 0.2) is 42.5 Å². The van der Waals surface area contributed by atoms with E-state index in [0.717, 1.165) is 5.56 Å². The fourth-order valence-electron chi connectivity index (χ4n) is 2.12. The van der Waals surface area contributed by atoms with Gasteiger partial charge in [-0.3, -0.25) is 14.9 Å². The lowest BCUT2D eigenvalue weighted by Gasteiger charge is -2.10. The van der Waals surface area contributed by atoms with Gasteiger partial charge in [-0.1, -0.05) is 30.3 Å². The maximum Gasteiger partial charge on any atom is 0.315 e. The van der Waals surface area contributed by atoms with Gasteiger partial charge >= 0.3 is 5.69 Å². The van der Waals surface area contributed by atoms with Gasteiger partial charge in [0, 0.05) is 18.1 Å². The number of Topliss-reactive ketones (excluding diaryl/α,β-unsaturated/α-hetero) is 1. The molecule has 0 aliphatic rings. The predicted octanol–water partition coefficient (Wildman–Crippen LogP) is 3.04. The number of nitro benzene ring substituents is 1. The Hall–Kier alpha value is -2.89. The number of hydrogen-bond donors (Lipinski definition) is 0. The van der Waals surface area contributed by atoms with E-state index < -0.39 is 4.92 Å². The third-order valence-corrected chi connectivity index (χ3v) is 3.19. The number of methoxy groups -OCH3 is 2. The summed E-state index contributed by atoms with van der Waals surface area (Å²) in [6.07, 6.45) is 0.160. The number of rotatable bonds is 6. The van der Waals surface area contributed by atoms with Crippen molar-refractivity contribution in [3.63, 3.8) is 0 Å². The molecule has 0 saturated carbocycles. The second-order valence-corrected chi connectivity index (χ2v) is 4.57. The number of benzene rings is 2. The fraction of sp³-hybridized carbons (Fsp3) is 0.188. The van der Waals surface area contributed by atoms with Crippen molar-refractivity contribution >= 4 is 11.5 Å². The summed E-state index contributed by atoms with van der Waals surface area (Å²) in [4.78, 5) is 22.9. The lowest BCUT2D eigenvalue weighted by Crippen LogP contribution is -2.06. The summed E-state index contributed by atoms with van der Waals surface area (Å²) in [5.74, 6) is -0.0628. The summed E-state index contributed by atoms with van der Waals surface area (Å²) < 4.78 is 10.1. The Morgan fingerprint density at radius 3 is 2.36 bits per heavy atom. The Bertz CT molecular complexity index is 697. The van der Waals surface area contributed by atoms with E-state index in [1.807, 2.05) is 30.3 Å². The zero-order valence-corrected chi connectivity index (χ0v) is 12.2. The molecule has 2 aromatic rings. The number of hydrogen-bond acceptors (Lipinski definition) is 5. The molecule has 0 fully saturated rings. The first-order valence-corrected chi connectivity index (χ1v) is 6.54. The van der Waals surface area contributed by atoms with E-state index >= 15 is 0 Å². The van der Waals surface area contributed by atoms with Crippen molar-refractivity contribution in [3.05, 3.63) is 63.7 Å². The van der Waals surface area contributed by atoms with Gasteiger partial charge in [0.25, 0.3) is 0 Å². The summed E-state index contributed by atoms with van der Waals surface area (Å²) in [5, 5.41) is 11.1. The molecule has 2 rings (SSSR count). The number of ether oxygens (including phenoxy) is 2. The minimum atomic E-state index is -0.597. The smallest absolute Gasteiger partial charge is 0.315 e. The van der Waals surface area contributed by atoms with Crippen molar-refractivity contribution in [1.29, 1.82) is 0 Å². The average Bonchev–Trinajstić information content (AvgIpc) is 2.54. The second kappa shape index (κ2) is 6.71. The Labute approximate surface area is 127 Å². The summed E-state index contributed by atoms with van der Waals surface area (Å²) in [5.41, 5.74) is 0.761. The molecule has 114 valence electrons. The van der Waals surface area contributed by atoms with Crippen molar-refractivity contribution < 1.29 is 19.2 Å². The van der Waals surface area contributed by atoms with E-state index in [9.17, 15) is 14.9 Å². The van der Waals surface area contributed by atoms with Crippen molar-refractivity contribution in [2.24, 2.45) is 0 Å². The normalized spacial score (nSPS) is 10.1. The highest BCUT2D eigenvalue weighted by molar-refractivity contribution is 5.99. The molecular weight excluding hydrogens is 286 g/mol. The molecule has 0 N–H and O–H groups in total. The van der Waals surface area contributed by atoms with Crippen molar-refractivity contribution in [2.75, 3.05) is 14.2 Å². The maximum atomic E-state index is 12.3. The van der Waals surface area contributed by atoms with Crippen LogP contribution in [0.1, 0.15) is 15.9 Å². The fourth-order valence-corrected chi connectivity index (χ4v) is 2.12. The van der Waals surface area contributed by atoms with Crippen LogP contribution in [-0.4, -0.2) is 24.9 Å². The van der Waals surface area contributed by atoms with Gasteiger partial charge in [0.2, 0.25) is 5.75 Å². The van der Waals surface area contributed by atoms with Crippen LogP contribution in [0, 0.1) is 10.1 Å². The summed E-state index contributed by atoms with van der Waals surface area (Å²) in [6.45, 7) is 0. The lowest BCUT2D eigenvalue weighted by atomic mass is 10.0. The molecule has 6 nitrogen and oxygen atoms in total. The number of carbonyl (C=O) groups excluding carboxylic acids is 1. The molecule has 22 heavy (non-hydrogen) atoms. The molecule has 0 aliphatic carbocycles. The van der Waals surface area contributed by atoms with Crippen molar-refractivity contribution in [1.82, 2.24) is 0 Å². The second-order valence-electron chi connectivity index (χ2n) is 4.57. The molecule has 0 radical (unpaired) electrons. The molecule has 2 aromatic carbocycles. The van der Waals surface area contributed by atoms with Crippen molar-refractivity contribution in [2.45, 2.75) is 6.42 Å². The zero-order valence-electron chi connectivity index (χ0n) is 12.2. The highest BCUT2D eigenvalue weighted by Crippen LogP contribution is 2.38. The number of ketones is 1. The highest BCUT2D eigenvalue weighted by Gasteiger charge is 2.23. The van der Waals surface area contributed by atoms with Gasteiger partial charge in [-0.15, -0.1) is 0 Å². The molecular formula is C16H15NO5. The van der Waals surface area contributed by atoms with Crippen LogP contribution in [0.3, 0.4) is 0 Å². The van der Waals surface area contributed by atoms with E-state index in [2.05, 4.69) is 0 Å². The van der Waals surface area contributed by atoms with E-state index in [4.69, 9.17) is 9.47 Å². The monoisotopic (exact) mass is 301 g/mol. The first-order chi connectivity index (χ1) is 10.6. The lowest BCUT2D eigenvalue weighted by molar-refractivity contribution is -0.385. The van der Waals surface area contributed by atoms with Crippen LogP contribution in [0.4, 0.5) is 5.69 Å². The van der Waals surface area contributed by atoms with Gasteiger partial charge in [0.15, 0.2) is 11.5 Å². The topological polar surface area (TPSA) is 78.7 Å². The molecule has 0 aromatic heterocycles. The molecule has 6 heteroatoms. The third-order valence-electron chi connectivity index (χ3n) is 3.19. The van der Waals surface area contributed by atoms with Crippen LogP contribution in [0.5, 0.6) is 11.5 Å². The standard InChI is InChI=1S/C16H15NO5/c1-21-15-10-12(9-13(17(19)20)16(15)22-2)14(18)8-11-6-4-3-5-7-11/h3-7,9-10H,8H2,1-2H3. The quantitative estimate of drug-likeness (QED) is 0.465. The Balaban J connectivity index is 2.40. The largest absolute Gasteiger partial charge is 0.493 e. The van der Waals surface area contributed by atoms with Crippen molar-refractivity contribution in [3.8, 4) is 11.5 Å². The molecule has 0 bridgehead atoms. The summed E-state index contributed by atoms with van der Waals surface area (Å²) in [7, 11) is 2.68. The predicted molar refractivity (Wildman–Crippen MR) is 80.7 cm³/mol. The van der Waals surface area contributed by atoms with Crippen LogP contribution in [0.25, 0.3) is 0 Å². The SMILES string of the molecule is COc1cc(C(=O)Cc2ccccc2)cc([N+](=O)[O-])c1OC. The molecule has 0 spiro atoms. The molecule has 0 heterocycles. The molecule has 0 atom stereocenters.